The first-order valence-electron chi connectivity index (χ1n) is 10.5. The molecule has 2 amide bonds. The van der Waals surface area contributed by atoms with Gasteiger partial charge in [-0.15, -0.1) is 0 Å². The van der Waals surface area contributed by atoms with Crippen LogP contribution in [0.15, 0.2) is 60.7 Å². The SMILES string of the molecule is O=C1C[C@H]2N(C(=O)C3(c4ccccc4)CC3)CC[C@]23O[C@H](c2ccccc2)CN13. The number of hydrogen-bond donors (Lipinski definition) is 0. The van der Waals surface area contributed by atoms with E-state index in [1.807, 2.05) is 46.2 Å². The van der Waals surface area contributed by atoms with Crippen LogP contribution in [-0.4, -0.2) is 46.5 Å². The fourth-order valence-corrected chi connectivity index (χ4v) is 5.69. The van der Waals surface area contributed by atoms with Crippen LogP contribution >= 0.6 is 0 Å². The molecule has 1 aliphatic carbocycles. The highest BCUT2D eigenvalue weighted by Crippen LogP contribution is 2.55. The van der Waals surface area contributed by atoms with Crippen molar-refractivity contribution in [2.75, 3.05) is 13.1 Å². The molecular weight excluding hydrogens is 364 g/mol. The first-order chi connectivity index (χ1) is 14.1. The zero-order chi connectivity index (χ0) is 19.6. The Hall–Kier alpha value is -2.66. The Morgan fingerprint density at radius 1 is 0.966 bits per heavy atom. The third-order valence-corrected chi connectivity index (χ3v) is 7.35. The Balaban J connectivity index is 1.30. The van der Waals surface area contributed by atoms with Gasteiger partial charge < -0.3 is 14.5 Å². The minimum absolute atomic E-state index is 0.107. The number of rotatable bonds is 3. The molecule has 0 bridgehead atoms. The Morgan fingerprint density at radius 2 is 1.66 bits per heavy atom. The van der Waals surface area contributed by atoms with E-state index in [-0.39, 0.29) is 24.0 Å². The largest absolute Gasteiger partial charge is 0.343 e. The lowest BCUT2D eigenvalue weighted by atomic mass is 9.93. The predicted molar refractivity (Wildman–Crippen MR) is 107 cm³/mol. The molecule has 29 heavy (non-hydrogen) atoms. The lowest BCUT2D eigenvalue weighted by Gasteiger charge is -2.33. The highest BCUT2D eigenvalue weighted by molar-refractivity contribution is 5.93. The van der Waals surface area contributed by atoms with Gasteiger partial charge in [-0.3, -0.25) is 9.59 Å². The molecule has 4 aliphatic rings. The summed E-state index contributed by atoms with van der Waals surface area (Å²) < 4.78 is 6.58. The molecule has 5 nitrogen and oxygen atoms in total. The van der Waals surface area contributed by atoms with Crippen molar-refractivity contribution in [3.63, 3.8) is 0 Å². The number of likely N-dealkylation sites (tertiary alicyclic amines) is 1. The third-order valence-electron chi connectivity index (χ3n) is 7.35. The molecule has 2 aromatic carbocycles. The van der Waals surface area contributed by atoms with Crippen LogP contribution in [0, 0.1) is 0 Å². The van der Waals surface area contributed by atoms with Gasteiger partial charge in [0.25, 0.3) is 0 Å². The highest BCUT2D eigenvalue weighted by atomic mass is 16.5. The minimum atomic E-state index is -0.653. The molecular formula is C24H24N2O3. The summed E-state index contributed by atoms with van der Waals surface area (Å²) in [5.74, 6) is 0.280. The normalized spacial score (nSPS) is 31.7. The van der Waals surface area contributed by atoms with E-state index in [2.05, 4.69) is 24.3 Å². The van der Waals surface area contributed by atoms with Gasteiger partial charge in [-0.05, 0) is 24.0 Å². The topological polar surface area (TPSA) is 49.9 Å². The molecule has 6 rings (SSSR count). The van der Waals surface area contributed by atoms with Crippen LogP contribution in [0.25, 0.3) is 0 Å². The summed E-state index contributed by atoms with van der Waals surface area (Å²) in [5, 5.41) is 0. The molecule has 0 aromatic heterocycles. The van der Waals surface area contributed by atoms with Gasteiger partial charge >= 0.3 is 0 Å². The quantitative estimate of drug-likeness (QED) is 0.812. The number of ether oxygens (including phenoxy) is 1. The van der Waals surface area contributed by atoms with Gasteiger partial charge in [0.1, 0.15) is 6.10 Å². The molecule has 3 saturated heterocycles. The highest BCUT2D eigenvalue weighted by Gasteiger charge is 2.67. The molecule has 5 heteroatoms. The maximum absolute atomic E-state index is 13.7. The van der Waals surface area contributed by atoms with E-state index in [0.717, 1.165) is 24.0 Å². The van der Waals surface area contributed by atoms with Crippen LogP contribution in [0.4, 0.5) is 0 Å². The Kier molecular flexibility index (Phi) is 3.52. The lowest BCUT2D eigenvalue weighted by molar-refractivity contribution is -0.144. The zero-order valence-corrected chi connectivity index (χ0v) is 16.3. The van der Waals surface area contributed by atoms with Crippen molar-refractivity contribution >= 4 is 11.8 Å². The maximum Gasteiger partial charge on any atom is 0.233 e. The Morgan fingerprint density at radius 3 is 2.34 bits per heavy atom. The Labute approximate surface area is 170 Å². The van der Waals surface area contributed by atoms with Gasteiger partial charge in [-0.1, -0.05) is 60.7 Å². The van der Waals surface area contributed by atoms with Gasteiger partial charge in [-0.25, -0.2) is 0 Å². The smallest absolute Gasteiger partial charge is 0.233 e. The molecule has 4 fully saturated rings. The van der Waals surface area contributed by atoms with Crippen molar-refractivity contribution in [2.24, 2.45) is 0 Å². The van der Waals surface area contributed by atoms with E-state index >= 15 is 0 Å². The molecule has 1 saturated carbocycles. The lowest BCUT2D eigenvalue weighted by Crippen LogP contribution is -2.50. The molecule has 3 heterocycles. The molecule has 2 aromatic rings. The van der Waals surface area contributed by atoms with Crippen molar-refractivity contribution in [3.05, 3.63) is 71.8 Å². The summed E-state index contributed by atoms with van der Waals surface area (Å²) >= 11 is 0. The maximum atomic E-state index is 13.7. The average Bonchev–Trinajstić information content (AvgIpc) is 3.29. The standard InChI is InChI=1S/C24H24N2O3/c27-21-15-20-24(26(21)16-19(29-24)17-7-3-1-4-8-17)13-14-25(20)22(28)23(11-12-23)18-9-5-2-6-10-18/h1-10,19-20H,11-16H2/t19-,20+,24-/m0/s1. The van der Waals surface area contributed by atoms with Crippen LogP contribution in [0.5, 0.6) is 0 Å². The predicted octanol–water partition coefficient (Wildman–Crippen LogP) is 3.02. The van der Waals surface area contributed by atoms with Gasteiger partial charge in [0, 0.05) is 13.0 Å². The second-order valence-electron chi connectivity index (χ2n) is 8.78. The first kappa shape index (κ1) is 17.2. The molecule has 3 aliphatic heterocycles. The third kappa shape index (κ3) is 2.31. The van der Waals surface area contributed by atoms with Gasteiger partial charge in [0.05, 0.1) is 24.4 Å². The number of amides is 2. The molecule has 0 unspecified atom stereocenters. The van der Waals surface area contributed by atoms with Crippen molar-refractivity contribution in [1.29, 1.82) is 0 Å². The minimum Gasteiger partial charge on any atom is -0.343 e. The Bertz CT molecular complexity index is 972. The van der Waals surface area contributed by atoms with Crippen molar-refractivity contribution in [3.8, 4) is 0 Å². The van der Waals surface area contributed by atoms with E-state index < -0.39 is 11.1 Å². The second kappa shape index (κ2) is 5.92. The van der Waals surface area contributed by atoms with Gasteiger partial charge in [0.15, 0.2) is 5.72 Å². The van der Waals surface area contributed by atoms with Crippen LogP contribution in [0.1, 0.15) is 42.9 Å². The van der Waals surface area contributed by atoms with E-state index in [9.17, 15) is 9.59 Å². The van der Waals surface area contributed by atoms with E-state index in [4.69, 9.17) is 4.74 Å². The van der Waals surface area contributed by atoms with Crippen molar-refractivity contribution < 1.29 is 14.3 Å². The van der Waals surface area contributed by atoms with Crippen molar-refractivity contribution in [2.45, 2.75) is 49.0 Å². The fraction of sp³-hybridized carbons (Fsp3) is 0.417. The summed E-state index contributed by atoms with van der Waals surface area (Å²) in [6.45, 7) is 1.23. The van der Waals surface area contributed by atoms with Gasteiger partial charge in [-0.2, -0.15) is 0 Å². The van der Waals surface area contributed by atoms with Crippen molar-refractivity contribution in [1.82, 2.24) is 9.80 Å². The molecule has 0 radical (unpaired) electrons. The fourth-order valence-electron chi connectivity index (χ4n) is 5.69. The number of hydrogen-bond acceptors (Lipinski definition) is 3. The van der Waals surface area contributed by atoms with E-state index in [1.165, 1.54) is 0 Å². The number of nitrogens with zero attached hydrogens (tertiary/aromatic N) is 2. The zero-order valence-electron chi connectivity index (χ0n) is 16.3. The van der Waals surface area contributed by atoms with Crippen LogP contribution < -0.4 is 0 Å². The first-order valence-corrected chi connectivity index (χ1v) is 10.5. The summed E-state index contributed by atoms with van der Waals surface area (Å²) in [7, 11) is 0. The summed E-state index contributed by atoms with van der Waals surface area (Å²) in [6, 6.07) is 20.0. The van der Waals surface area contributed by atoms with Crippen LogP contribution in [0.2, 0.25) is 0 Å². The number of benzene rings is 2. The molecule has 0 N–H and O–H groups in total. The summed E-state index contributed by atoms with van der Waals surface area (Å²) in [6.07, 6.45) is 2.72. The monoisotopic (exact) mass is 388 g/mol. The van der Waals surface area contributed by atoms with E-state index in [0.29, 0.717) is 25.9 Å². The van der Waals surface area contributed by atoms with E-state index in [1.54, 1.807) is 0 Å². The van der Waals surface area contributed by atoms with Crippen LogP contribution in [0.3, 0.4) is 0 Å². The summed E-state index contributed by atoms with van der Waals surface area (Å²) in [5.41, 5.74) is 1.14. The van der Waals surface area contributed by atoms with Crippen LogP contribution in [-0.2, 0) is 19.7 Å². The molecule has 148 valence electrons. The second-order valence-corrected chi connectivity index (χ2v) is 8.78. The summed E-state index contributed by atoms with van der Waals surface area (Å²) in [4.78, 5) is 30.4. The molecule has 3 atom stereocenters. The number of carbonyl (C=O) groups is 2. The number of carbonyl (C=O) groups excluding carboxylic acids is 2. The van der Waals surface area contributed by atoms with Gasteiger partial charge in [0.2, 0.25) is 11.8 Å². The average molecular weight is 388 g/mol. The molecule has 1 spiro atoms.